The Morgan fingerprint density at radius 3 is 2.24 bits per heavy atom. The largest absolute Gasteiger partial charge is 0.350 e. The first-order valence-electron chi connectivity index (χ1n) is 13.1. The molecule has 0 unspecified atom stereocenters. The van der Waals surface area contributed by atoms with Gasteiger partial charge >= 0.3 is 0 Å². The highest BCUT2D eigenvalue weighted by Crippen LogP contribution is 2.22. The molecule has 0 heterocycles. The molecule has 5 heteroatoms. The van der Waals surface area contributed by atoms with Crippen LogP contribution in [-0.4, -0.2) is 28.3 Å². The second-order valence-electron chi connectivity index (χ2n) is 10.7. The molecule has 2 amide bonds. The molecule has 0 spiro atoms. The standard InChI is InChI=1S/C33H35ClN2O2/c1-33(2,3)35-32(38)30(22-24-11-5-4-6-12-24)36(23-25-13-9-17-28(34)21-25)31(37)20-19-27-16-10-15-26-14-7-8-18-29(26)27/h4-18,21,30H,19-20,22-23H2,1-3H3,(H,35,38)/t30-/m1/s1. The molecule has 0 bridgehead atoms. The van der Waals surface area contributed by atoms with Crippen LogP contribution in [0.15, 0.2) is 97.1 Å². The summed E-state index contributed by atoms with van der Waals surface area (Å²) in [4.78, 5) is 29.4. The lowest BCUT2D eigenvalue weighted by Crippen LogP contribution is -2.54. The number of carbonyl (C=O) groups is 2. The number of fused-ring (bicyclic) bond motifs is 1. The summed E-state index contributed by atoms with van der Waals surface area (Å²) in [6, 6.07) is 31.1. The van der Waals surface area contributed by atoms with Crippen molar-refractivity contribution in [3.63, 3.8) is 0 Å². The number of hydrogen-bond acceptors (Lipinski definition) is 2. The molecule has 38 heavy (non-hydrogen) atoms. The monoisotopic (exact) mass is 526 g/mol. The van der Waals surface area contributed by atoms with Gasteiger partial charge < -0.3 is 10.2 Å². The minimum Gasteiger partial charge on any atom is -0.350 e. The second kappa shape index (κ2) is 12.3. The number of aryl methyl sites for hydroxylation is 1. The lowest BCUT2D eigenvalue weighted by Gasteiger charge is -2.34. The van der Waals surface area contributed by atoms with Crippen molar-refractivity contribution >= 4 is 34.2 Å². The van der Waals surface area contributed by atoms with Crippen molar-refractivity contribution in [2.45, 2.75) is 58.2 Å². The van der Waals surface area contributed by atoms with Gasteiger partial charge in [0.05, 0.1) is 0 Å². The lowest BCUT2D eigenvalue weighted by atomic mass is 9.98. The minimum atomic E-state index is -0.671. The van der Waals surface area contributed by atoms with Crippen LogP contribution >= 0.6 is 11.6 Å². The Labute approximate surface area is 230 Å². The van der Waals surface area contributed by atoms with Crippen LogP contribution in [0.1, 0.15) is 43.9 Å². The lowest BCUT2D eigenvalue weighted by molar-refractivity contribution is -0.141. The first-order valence-corrected chi connectivity index (χ1v) is 13.4. The fourth-order valence-electron chi connectivity index (χ4n) is 4.73. The highest BCUT2D eigenvalue weighted by atomic mass is 35.5. The van der Waals surface area contributed by atoms with E-state index in [1.165, 1.54) is 0 Å². The van der Waals surface area contributed by atoms with E-state index in [4.69, 9.17) is 11.6 Å². The third-order valence-corrected chi connectivity index (χ3v) is 6.73. The number of benzene rings is 4. The van der Waals surface area contributed by atoms with Crippen molar-refractivity contribution in [1.29, 1.82) is 0 Å². The van der Waals surface area contributed by atoms with Gasteiger partial charge in [-0.1, -0.05) is 96.5 Å². The van der Waals surface area contributed by atoms with E-state index >= 15 is 0 Å². The van der Waals surface area contributed by atoms with Crippen molar-refractivity contribution in [3.05, 3.63) is 119 Å². The average molecular weight is 527 g/mol. The van der Waals surface area contributed by atoms with E-state index in [1.807, 2.05) is 93.6 Å². The predicted octanol–water partition coefficient (Wildman–Crippen LogP) is 6.98. The van der Waals surface area contributed by atoms with Crippen LogP contribution in [0.4, 0.5) is 0 Å². The molecule has 196 valence electrons. The molecule has 0 radical (unpaired) electrons. The summed E-state index contributed by atoms with van der Waals surface area (Å²) in [6.45, 7) is 6.15. The van der Waals surface area contributed by atoms with Gasteiger partial charge in [0.1, 0.15) is 6.04 Å². The Bertz CT molecular complexity index is 1390. The number of nitrogens with zero attached hydrogens (tertiary/aromatic N) is 1. The molecular formula is C33H35ClN2O2. The van der Waals surface area contributed by atoms with Gasteiger partial charge in [0.15, 0.2) is 0 Å². The van der Waals surface area contributed by atoms with Crippen LogP contribution in [-0.2, 0) is 29.0 Å². The van der Waals surface area contributed by atoms with E-state index in [0.29, 0.717) is 30.8 Å². The molecule has 0 aliphatic heterocycles. The van der Waals surface area contributed by atoms with Crippen LogP contribution in [0.5, 0.6) is 0 Å². The van der Waals surface area contributed by atoms with E-state index in [2.05, 4.69) is 29.6 Å². The summed E-state index contributed by atoms with van der Waals surface area (Å²) in [5.74, 6) is -0.232. The predicted molar refractivity (Wildman–Crippen MR) is 156 cm³/mol. The Morgan fingerprint density at radius 1 is 0.842 bits per heavy atom. The zero-order valence-corrected chi connectivity index (χ0v) is 23.0. The molecule has 4 nitrogen and oxygen atoms in total. The molecule has 0 aliphatic rings. The van der Waals surface area contributed by atoms with Crippen molar-refractivity contribution in [2.75, 3.05) is 0 Å². The number of nitrogens with one attached hydrogen (secondary N) is 1. The molecule has 1 N–H and O–H groups in total. The van der Waals surface area contributed by atoms with Crippen LogP contribution < -0.4 is 5.32 Å². The van der Waals surface area contributed by atoms with Crippen molar-refractivity contribution < 1.29 is 9.59 Å². The second-order valence-corrected chi connectivity index (χ2v) is 11.2. The van der Waals surface area contributed by atoms with Gasteiger partial charge in [-0.05, 0) is 66.8 Å². The normalized spacial score (nSPS) is 12.2. The summed E-state index contributed by atoms with van der Waals surface area (Å²) >= 11 is 6.28. The summed E-state index contributed by atoms with van der Waals surface area (Å²) in [6.07, 6.45) is 1.30. The van der Waals surface area contributed by atoms with Gasteiger partial charge in [-0.3, -0.25) is 9.59 Å². The maximum absolute atomic E-state index is 14.0. The van der Waals surface area contributed by atoms with Gasteiger partial charge in [-0.15, -0.1) is 0 Å². The zero-order chi connectivity index (χ0) is 27.1. The third-order valence-electron chi connectivity index (χ3n) is 6.50. The molecular weight excluding hydrogens is 492 g/mol. The zero-order valence-electron chi connectivity index (χ0n) is 22.3. The Hall–Kier alpha value is -3.63. The Balaban J connectivity index is 1.66. The molecule has 0 aromatic heterocycles. The smallest absolute Gasteiger partial charge is 0.243 e. The van der Waals surface area contributed by atoms with Crippen LogP contribution in [0, 0.1) is 0 Å². The van der Waals surface area contributed by atoms with Gasteiger partial charge in [0, 0.05) is 29.9 Å². The summed E-state index contributed by atoms with van der Waals surface area (Å²) in [5, 5.41) is 6.01. The fraction of sp³-hybridized carbons (Fsp3) is 0.273. The molecule has 4 aromatic rings. The Morgan fingerprint density at radius 2 is 1.50 bits per heavy atom. The summed E-state index contributed by atoms with van der Waals surface area (Å²) in [7, 11) is 0. The summed E-state index contributed by atoms with van der Waals surface area (Å²) in [5.41, 5.74) is 2.58. The highest BCUT2D eigenvalue weighted by molar-refractivity contribution is 6.30. The van der Waals surface area contributed by atoms with Gasteiger partial charge in [0.25, 0.3) is 0 Å². The van der Waals surface area contributed by atoms with Crippen LogP contribution in [0.25, 0.3) is 10.8 Å². The highest BCUT2D eigenvalue weighted by Gasteiger charge is 2.32. The van der Waals surface area contributed by atoms with E-state index in [9.17, 15) is 9.59 Å². The molecule has 0 aliphatic carbocycles. The minimum absolute atomic E-state index is 0.0668. The van der Waals surface area contributed by atoms with E-state index in [1.54, 1.807) is 4.90 Å². The molecule has 0 saturated carbocycles. The topological polar surface area (TPSA) is 49.4 Å². The molecule has 0 saturated heterocycles. The van der Waals surface area contributed by atoms with Crippen molar-refractivity contribution in [3.8, 4) is 0 Å². The average Bonchev–Trinajstić information content (AvgIpc) is 2.89. The first-order chi connectivity index (χ1) is 18.2. The molecule has 1 atom stereocenters. The molecule has 0 fully saturated rings. The maximum atomic E-state index is 14.0. The number of rotatable bonds is 9. The van der Waals surface area contributed by atoms with Crippen LogP contribution in [0.3, 0.4) is 0 Å². The number of hydrogen-bond donors (Lipinski definition) is 1. The van der Waals surface area contributed by atoms with Crippen LogP contribution in [0.2, 0.25) is 5.02 Å². The number of carbonyl (C=O) groups excluding carboxylic acids is 2. The van der Waals surface area contributed by atoms with Crippen molar-refractivity contribution in [1.82, 2.24) is 10.2 Å². The summed E-state index contributed by atoms with van der Waals surface area (Å²) < 4.78 is 0. The third kappa shape index (κ3) is 7.45. The number of halogens is 1. The molecule has 4 aromatic carbocycles. The van der Waals surface area contributed by atoms with Crippen molar-refractivity contribution in [2.24, 2.45) is 0 Å². The SMILES string of the molecule is CC(C)(C)NC(=O)[C@@H](Cc1ccccc1)N(Cc1cccc(Cl)c1)C(=O)CCc1cccc2ccccc12. The van der Waals surface area contributed by atoms with Gasteiger partial charge in [0.2, 0.25) is 11.8 Å². The van der Waals surface area contributed by atoms with E-state index in [0.717, 1.165) is 27.5 Å². The molecule has 4 rings (SSSR count). The first kappa shape index (κ1) is 27.4. The van der Waals surface area contributed by atoms with Gasteiger partial charge in [-0.25, -0.2) is 0 Å². The maximum Gasteiger partial charge on any atom is 0.243 e. The number of amides is 2. The van der Waals surface area contributed by atoms with E-state index in [-0.39, 0.29) is 11.8 Å². The van der Waals surface area contributed by atoms with E-state index < -0.39 is 11.6 Å². The quantitative estimate of drug-likeness (QED) is 0.256. The Kier molecular flexibility index (Phi) is 8.85. The fourth-order valence-corrected chi connectivity index (χ4v) is 4.95. The van der Waals surface area contributed by atoms with Gasteiger partial charge in [-0.2, -0.15) is 0 Å².